The van der Waals surface area contributed by atoms with Gasteiger partial charge in [-0.3, -0.25) is 14.4 Å². The minimum Gasteiger partial charge on any atom is -0.486 e. The molecule has 0 spiro atoms. The van der Waals surface area contributed by atoms with E-state index in [1.165, 1.54) is 6.07 Å². The fourth-order valence-corrected chi connectivity index (χ4v) is 2.73. The number of benzene rings is 2. The Morgan fingerprint density at radius 3 is 2.41 bits per heavy atom. The van der Waals surface area contributed by atoms with Gasteiger partial charge in [0.1, 0.15) is 13.2 Å². The summed E-state index contributed by atoms with van der Waals surface area (Å²) >= 11 is 5.82. The summed E-state index contributed by atoms with van der Waals surface area (Å²) in [5.41, 5.74) is 0.796. The van der Waals surface area contributed by atoms with Crippen molar-refractivity contribution in [2.45, 2.75) is 12.8 Å². The molecular formula is C20H17ClO6. The normalized spacial score (nSPS) is 12.3. The Balaban J connectivity index is 1.47. The lowest BCUT2D eigenvalue weighted by molar-refractivity contribution is -0.142. The zero-order chi connectivity index (χ0) is 19.2. The van der Waals surface area contributed by atoms with Crippen LogP contribution in [0.1, 0.15) is 33.6 Å². The zero-order valence-corrected chi connectivity index (χ0v) is 15.2. The van der Waals surface area contributed by atoms with E-state index in [9.17, 15) is 14.4 Å². The molecule has 0 radical (unpaired) electrons. The van der Waals surface area contributed by atoms with Gasteiger partial charge in [0.05, 0.1) is 6.42 Å². The maximum Gasteiger partial charge on any atom is 0.306 e. The van der Waals surface area contributed by atoms with Gasteiger partial charge in [0.25, 0.3) is 0 Å². The van der Waals surface area contributed by atoms with Crippen molar-refractivity contribution in [2.75, 3.05) is 19.8 Å². The van der Waals surface area contributed by atoms with Crippen LogP contribution in [0.2, 0.25) is 5.02 Å². The Morgan fingerprint density at radius 2 is 1.63 bits per heavy atom. The van der Waals surface area contributed by atoms with E-state index >= 15 is 0 Å². The summed E-state index contributed by atoms with van der Waals surface area (Å²) in [6.45, 7) is 0.509. The molecule has 1 aliphatic heterocycles. The maximum atomic E-state index is 12.2. The van der Waals surface area contributed by atoms with Gasteiger partial charge < -0.3 is 14.2 Å². The van der Waals surface area contributed by atoms with Crippen LogP contribution in [0.4, 0.5) is 0 Å². The second-order valence-electron chi connectivity index (χ2n) is 5.88. The van der Waals surface area contributed by atoms with Gasteiger partial charge in [0, 0.05) is 22.6 Å². The molecular weight excluding hydrogens is 372 g/mol. The van der Waals surface area contributed by atoms with Crippen molar-refractivity contribution in [3.63, 3.8) is 0 Å². The van der Waals surface area contributed by atoms with Crippen molar-refractivity contribution in [2.24, 2.45) is 0 Å². The van der Waals surface area contributed by atoms with Crippen LogP contribution < -0.4 is 9.47 Å². The fraction of sp³-hybridized carbons (Fsp3) is 0.250. The van der Waals surface area contributed by atoms with Gasteiger partial charge in [-0.05, 0) is 30.3 Å². The molecule has 0 amide bonds. The maximum absolute atomic E-state index is 12.2. The van der Waals surface area contributed by atoms with Gasteiger partial charge in [-0.25, -0.2) is 0 Å². The lowest BCUT2D eigenvalue weighted by Gasteiger charge is -2.18. The first-order valence-electron chi connectivity index (χ1n) is 8.40. The van der Waals surface area contributed by atoms with Crippen molar-refractivity contribution >= 4 is 29.1 Å². The summed E-state index contributed by atoms with van der Waals surface area (Å²) in [4.78, 5) is 36.0. The highest BCUT2D eigenvalue weighted by molar-refractivity contribution is 6.31. The number of carbonyl (C=O) groups excluding carboxylic acids is 3. The number of esters is 1. The highest BCUT2D eigenvalue weighted by Gasteiger charge is 2.17. The van der Waals surface area contributed by atoms with Crippen molar-refractivity contribution < 1.29 is 28.6 Å². The Labute approximate surface area is 161 Å². The van der Waals surface area contributed by atoms with Crippen molar-refractivity contribution in [1.29, 1.82) is 0 Å². The number of ether oxygens (including phenoxy) is 3. The number of rotatable bonds is 7. The van der Waals surface area contributed by atoms with Gasteiger partial charge in [0.2, 0.25) is 0 Å². The second-order valence-corrected chi connectivity index (χ2v) is 6.31. The molecule has 1 heterocycles. The molecule has 27 heavy (non-hydrogen) atoms. The molecule has 0 saturated heterocycles. The van der Waals surface area contributed by atoms with Gasteiger partial charge in [-0.2, -0.15) is 0 Å². The first-order valence-corrected chi connectivity index (χ1v) is 8.78. The number of halogens is 1. The summed E-state index contributed by atoms with van der Waals surface area (Å²) in [5, 5.41) is 0.428. The molecule has 6 nitrogen and oxygen atoms in total. The van der Waals surface area contributed by atoms with E-state index in [4.69, 9.17) is 25.8 Å². The van der Waals surface area contributed by atoms with E-state index in [2.05, 4.69) is 0 Å². The van der Waals surface area contributed by atoms with E-state index < -0.39 is 12.6 Å². The number of ketones is 2. The van der Waals surface area contributed by atoms with E-state index in [1.807, 2.05) is 0 Å². The van der Waals surface area contributed by atoms with Gasteiger partial charge in [0.15, 0.2) is 29.7 Å². The first kappa shape index (κ1) is 18.9. The highest BCUT2D eigenvalue weighted by atomic mass is 35.5. The summed E-state index contributed by atoms with van der Waals surface area (Å²) in [7, 11) is 0. The molecule has 0 aliphatic carbocycles. The van der Waals surface area contributed by atoms with Crippen LogP contribution in [0.5, 0.6) is 11.5 Å². The topological polar surface area (TPSA) is 78.9 Å². The Morgan fingerprint density at radius 1 is 0.889 bits per heavy atom. The quantitative estimate of drug-likeness (QED) is 0.533. The summed E-state index contributed by atoms with van der Waals surface area (Å²) in [5.74, 6) is -0.0797. The smallest absolute Gasteiger partial charge is 0.306 e. The van der Waals surface area contributed by atoms with Crippen molar-refractivity contribution in [3.8, 4) is 11.5 Å². The molecule has 0 fully saturated rings. The predicted molar refractivity (Wildman–Crippen MR) is 97.7 cm³/mol. The third-order valence-electron chi connectivity index (χ3n) is 3.93. The van der Waals surface area contributed by atoms with Gasteiger partial charge in [-0.1, -0.05) is 23.7 Å². The van der Waals surface area contributed by atoms with E-state index in [-0.39, 0.29) is 24.4 Å². The largest absolute Gasteiger partial charge is 0.486 e. The van der Waals surface area contributed by atoms with Crippen LogP contribution in [0.15, 0.2) is 42.5 Å². The summed E-state index contributed by atoms with van der Waals surface area (Å²) in [6, 6.07) is 11.3. The highest BCUT2D eigenvalue weighted by Crippen LogP contribution is 2.31. The minimum atomic E-state index is -0.615. The molecule has 0 saturated carbocycles. The first-order chi connectivity index (χ1) is 13.0. The zero-order valence-electron chi connectivity index (χ0n) is 14.4. The average molecular weight is 389 g/mol. The summed E-state index contributed by atoms with van der Waals surface area (Å²) < 4.78 is 15.8. The number of carbonyl (C=O) groups is 3. The summed E-state index contributed by atoms with van der Waals surface area (Å²) in [6.07, 6.45) is -0.139. The van der Waals surface area contributed by atoms with E-state index in [0.717, 1.165) is 0 Å². The van der Waals surface area contributed by atoms with Crippen LogP contribution >= 0.6 is 11.6 Å². The average Bonchev–Trinajstić information content (AvgIpc) is 2.69. The molecule has 2 aromatic rings. The lowest BCUT2D eigenvalue weighted by Crippen LogP contribution is -2.16. The van der Waals surface area contributed by atoms with Crippen molar-refractivity contribution in [1.82, 2.24) is 0 Å². The second kappa shape index (κ2) is 8.68. The third kappa shape index (κ3) is 5.08. The Kier molecular flexibility index (Phi) is 6.08. The SMILES string of the molecule is O=C(CCC(=O)c1ccc2c(c1)OCCO2)OCC(=O)c1cccc(Cl)c1. The molecule has 0 atom stereocenters. The van der Waals surface area contributed by atoms with E-state index in [1.54, 1.807) is 36.4 Å². The molecule has 0 aromatic heterocycles. The van der Waals surface area contributed by atoms with Gasteiger partial charge >= 0.3 is 5.97 Å². The van der Waals surface area contributed by atoms with Crippen LogP contribution in [0.25, 0.3) is 0 Å². The molecule has 0 bridgehead atoms. The molecule has 0 N–H and O–H groups in total. The molecule has 1 aliphatic rings. The van der Waals surface area contributed by atoms with Crippen LogP contribution in [-0.2, 0) is 9.53 Å². The van der Waals surface area contributed by atoms with Gasteiger partial charge in [-0.15, -0.1) is 0 Å². The third-order valence-corrected chi connectivity index (χ3v) is 4.17. The van der Waals surface area contributed by atoms with E-state index in [0.29, 0.717) is 40.9 Å². The molecule has 7 heteroatoms. The standard InChI is InChI=1S/C20H17ClO6/c21-15-3-1-2-13(10-15)17(23)12-27-20(24)7-5-16(22)14-4-6-18-19(11-14)26-9-8-25-18/h1-4,6,10-11H,5,7-9,12H2. The molecule has 140 valence electrons. The Hall–Kier alpha value is -2.86. The van der Waals surface area contributed by atoms with Crippen LogP contribution in [0.3, 0.4) is 0 Å². The van der Waals surface area contributed by atoms with Crippen LogP contribution in [0, 0.1) is 0 Å². The number of fused-ring (bicyclic) bond motifs is 1. The lowest BCUT2D eigenvalue weighted by atomic mass is 10.1. The minimum absolute atomic E-state index is 0.0240. The number of Topliss-reactive ketones (excluding diaryl/α,β-unsaturated/α-hetero) is 2. The number of hydrogen-bond donors (Lipinski definition) is 0. The van der Waals surface area contributed by atoms with Crippen LogP contribution in [-0.4, -0.2) is 37.4 Å². The molecule has 0 unspecified atom stereocenters. The molecule has 3 rings (SSSR count). The monoisotopic (exact) mass is 388 g/mol. The molecule has 2 aromatic carbocycles. The fourth-order valence-electron chi connectivity index (χ4n) is 2.54. The van der Waals surface area contributed by atoms with Crippen molar-refractivity contribution in [3.05, 3.63) is 58.6 Å². The Bertz CT molecular complexity index is 877. The predicted octanol–water partition coefficient (Wildman–Crippen LogP) is 3.50. The number of hydrogen-bond acceptors (Lipinski definition) is 6.